The van der Waals surface area contributed by atoms with Gasteiger partial charge < -0.3 is 5.11 Å². The van der Waals surface area contributed by atoms with Gasteiger partial charge in [-0.3, -0.25) is 0 Å². The lowest BCUT2D eigenvalue weighted by atomic mass is 10.1. The highest BCUT2D eigenvalue weighted by atomic mass is 79.9. The lowest BCUT2D eigenvalue weighted by Crippen LogP contribution is -1.86. The number of benzene rings is 1. The summed E-state index contributed by atoms with van der Waals surface area (Å²) in [5.74, 6) is 0.0951. The van der Waals surface area contributed by atoms with Crippen LogP contribution in [0.1, 0.15) is 0 Å². The summed E-state index contributed by atoms with van der Waals surface area (Å²) in [4.78, 5) is 4.23. The van der Waals surface area contributed by atoms with Crippen LogP contribution in [-0.4, -0.2) is 10.1 Å². The molecule has 0 radical (unpaired) electrons. The van der Waals surface area contributed by atoms with E-state index in [-0.39, 0.29) is 5.75 Å². The molecule has 0 fully saturated rings. The molecule has 0 atom stereocenters. The number of aromatic nitrogens is 1. The second-order valence-electron chi connectivity index (χ2n) is 3.14. The highest BCUT2D eigenvalue weighted by Crippen LogP contribution is 2.34. The molecule has 82 valence electrons. The number of halogens is 3. The normalized spacial score (nSPS) is 10.4. The van der Waals surface area contributed by atoms with Gasteiger partial charge in [-0.05, 0) is 50.1 Å². The van der Waals surface area contributed by atoms with Crippen LogP contribution in [0, 0.1) is 0 Å². The molecule has 0 saturated carbocycles. The van der Waals surface area contributed by atoms with E-state index in [0.29, 0.717) is 14.1 Å². The van der Waals surface area contributed by atoms with Crippen LogP contribution in [0.5, 0.6) is 5.75 Å². The van der Waals surface area contributed by atoms with Gasteiger partial charge >= 0.3 is 0 Å². The van der Waals surface area contributed by atoms with Crippen molar-refractivity contribution >= 4 is 43.5 Å². The largest absolute Gasteiger partial charge is 0.504 e. The van der Waals surface area contributed by atoms with E-state index in [1.165, 1.54) is 0 Å². The Morgan fingerprint density at radius 1 is 1.12 bits per heavy atom. The van der Waals surface area contributed by atoms with Crippen LogP contribution < -0.4 is 0 Å². The Morgan fingerprint density at radius 2 is 1.75 bits per heavy atom. The predicted molar refractivity (Wildman–Crippen MR) is 71.7 cm³/mol. The molecule has 0 aliphatic heterocycles. The third-order valence-corrected chi connectivity index (χ3v) is 3.45. The number of rotatable bonds is 1. The van der Waals surface area contributed by atoms with Crippen LogP contribution in [-0.2, 0) is 0 Å². The fourth-order valence-corrected chi connectivity index (χ4v) is 2.45. The third kappa shape index (κ3) is 2.39. The number of pyridine rings is 1. The highest BCUT2D eigenvalue weighted by Gasteiger charge is 2.08. The van der Waals surface area contributed by atoms with Crippen LogP contribution >= 0.6 is 43.5 Å². The van der Waals surface area contributed by atoms with E-state index < -0.39 is 0 Å². The molecular weight excluding hydrogens is 357 g/mol. The molecule has 0 unspecified atom stereocenters. The van der Waals surface area contributed by atoms with Crippen LogP contribution in [0.2, 0.25) is 5.02 Å². The molecule has 0 saturated heterocycles. The van der Waals surface area contributed by atoms with Crippen molar-refractivity contribution in [3.8, 4) is 17.0 Å². The van der Waals surface area contributed by atoms with Crippen LogP contribution in [0.3, 0.4) is 0 Å². The summed E-state index contributed by atoms with van der Waals surface area (Å²) >= 11 is 12.3. The van der Waals surface area contributed by atoms with Gasteiger partial charge in [-0.25, -0.2) is 4.98 Å². The summed E-state index contributed by atoms with van der Waals surface area (Å²) in [6.45, 7) is 0. The number of aromatic hydroxyl groups is 1. The number of nitrogens with zero attached hydrogens (tertiary/aromatic N) is 1. The van der Waals surface area contributed by atoms with Crippen molar-refractivity contribution in [2.75, 3.05) is 0 Å². The van der Waals surface area contributed by atoms with Crippen molar-refractivity contribution < 1.29 is 5.11 Å². The molecule has 2 rings (SSSR count). The first-order valence-electron chi connectivity index (χ1n) is 4.39. The molecule has 0 aliphatic rings. The monoisotopic (exact) mass is 361 g/mol. The maximum atomic E-state index is 9.54. The maximum Gasteiger partial charge on any atom is 0.162 e. The van der Waals surface area contributed by atoms with Crippen LogP contribution in [0.15, 0.2) is 39.4 Å². The predicted octanol–water partition coefficient (Wildman–Crippen LogP) is 4.63. The van der Waals surface area contributed by atoms with Crippen LogP contribution in [0.4, 0.5) is 0 Å². The molecular formula is C11H6Br2ClNO. The lowest BCUT2D eigenvalue weighted by molar-refractivity contribution is 0.465. The minimum atomic E-state index is 0.0951. The van der Waals surface area contributed by atoms with Gasteiger partial charge in [0.2, 0.25) is 0 Å². The number of hydrogen-bond donors (Lipinski definition) is 1. The number of hydrogen-bond acceptors (Lipinski definition) is 2. The molecule has 1 N–H and O–H groups in total. The molecule has 16 heavy (non-hydrogen) atoms. The van der Waals surface area contributed by atoms with E-state index in [9.17, 15) is 5.11 Å². The Kier molecular flexibility index (Phi) is 3.52. The second-order valence-corrected chi connectivity index (χ2v) is 5.18. The molecule has 1 aromatic carbocycles. The zero-order chi connectivity index (χ0) is 11.7. The zero-order valence-electron chi connectivity index (χ0n) is 7.92. The zero-order valence-corrected chi connectivity index (χ0v) is 11.8. The van der Waals surface area contributed by atoms with Gasteiger partial charge in [-0.1, -0.05) is 23.7 Å². The van der Waals surface area contributed by atoms with E-state index in [1.807, 2.05) is 12.1 Å². The molecule has 1 aromatic heterocycles. The minimum Gasteiger partial charge on any atom is -0.504 e. The Bertz CT molecular complexity index is 505. The Morgan fingerprint density at radius 3 is 2.31 bits per heavy atom. The van der Waals surface area contributed by atoms with E-state index in [2.05, 4.69) is 36.8 Å². The summed E-state index contributed by atoms with van der Waals surface area (Å²) in [5, 5.41) is 10.2. The van der Waals surface area contributed by atoms with Gasteiger partial charge in [-0.2, -0.15) is 0 Å². The summed E-state index contributed by atoms with van der Waals surface area (Å²) in [5.41, 5.74) is 1.69. The standard InChI is InChI=1S/C11H6Br2ClNO/c12-8-5-9(15-11(13)10(8)16)6-1-3-7(14)4-2-6/h1-5,16H. The quantitative estimate of drug-likeness (QED) is 0.749. The Labute approximate surface area is 115 Å². The van der Waals surface area contributed by atoms with Gasteiger partial charge in [0, 0.05) is 10.6 Å². The third-order valence-electron chi connectivity index (χ3n) is 2.04. The Hall–Kier alpha value is -0.580. The lowest BCUT2D eigenvalue weighted by Gasteiger charge is -2.05. The summed E-state index contributed by atoms with van der Waals surface area (Å²) in [6, 6.07) is 9.10. The molecule has 0 aliphatic carbocycles. The smallest absolute Gasteiger partial charge is 0.162 e. The van der Waals surface area contributed by atoms with Crippen molar-refractivity contribution in [1.82, 2.24) is 4.98 Å². The molecule has 2 aromatic rings. The average molecular weight is 363 g/mol. The summed E-state index contributed by atoms with van der Waals surface area (Å²) < 4.78 is 1.01. The van der Waals surface area contributed by atoms with Gasteiger partial charge in [0.1, 0.15) is 4.60 Å². The average Bonchev–Trinajstić information content (AvgIpc) is 2.26. The SMILES string of the molecule is Oc1c(Br)cc(-c2ccc(Cl)cc2)nc1Br. The van der Waals surface area contributed by atoms with Gasteiger partial charge in [-0.15, -0.1) is 0 Å². The molecule has 0 amide bonds. The minimum absolute atomic E-state index is 0.0951. The molecule has 0 bridgehead atoms. The van der Waals surface area contributed by atoms with E-state index in [1.54, 1.807) is 18.2 Å². The fraction of sp³-hybridized carbons (Fsp3) is 0. The van der Waals surface area contributed by atoms with E-state index in [4.69, 9.17) is 11.6 Å². The van der Waals surface area contributed by atoms with Crippen molar-refractivity contribution in [3.05, 3.63) is 44.4 Å². The summed E-state index contributed by atoms with van der Waals surface area (Å²) in [6.07, 6.45) is 0. The summed E-state index contributed by atoms with van der Waals surface area (Å²) in [7, 11) is 0. The van der Waals surface area contributed by atoms with Crippen LogP contribution in [0.25, 0.3) is 11.3 Å². The first-order chi connectivity index (χ1) is 7.58. The van der Waals surface area contributed by atoms with Gasteiger partial charge in [0.15, 0.2) is 5.75 Å². The van der Waals surface area contributed by atoms with Crippen molar-refractivity contribution in [1.29, 1.82) is 0 Å². The topological polar surface area (TPSA) is 33.1 Å². The van der Waals surface area contributed by atoms with E-state index in [0.717, 1.165) is 11.3 Å². The molecule has 2 nitrogen and oxygen atoms in total. The van der Waals surface area contributed by atoms with Crippen molar-refractivity contribution in [2.45, 2.75) is 0 Å². The first-order valence-corrected chi connectivity index (χ1v) is 6.35. The van der Waals surface area contributed by atoms with Crippen molar-refractivity contribution in [2.24, 2.45) is 0 Å². The maximum absolute atomic E-state index is 9.54. The Balaban J connectivity index is 2.52. The highest BCUT2D eigenvalue weighted by molar-refractivity contribution is 9.11. The van der Waals surface area contributed by atoms with Gasteiger partial charge in [0.25, 0.3) is 0 Å². The second kappa shape index (κ2) is 4.73. The van der Waals surface area contributed by atoms with Gasteiger partial charge in [0.05, 0.1) is 10.2 Å². The van der Waals surface area contributed by atoms with Crippen molar-refractivity contribution in [3.63, 3.8) is 0 Å². The van der Waals surface area contributed by atoms with E-state index >= 15 is 0 Å². The fourth-order valence-electron chi connectivity index (χ4n) is 1.25. The first kappa shape index (κ1) is 11.9. The molecule has 0 spiro atoms. The molecule has 5 heteroatoms. The molecule has 1 heterocycles.